The monoisotopic (exact) mass is 465 g/mol. The Morgan fingerprint density at radius 3 is 2.74 bits per heavy atom. The van der Waals surface area contributed by atoms with E-state index in [4.69, 9.17) is 4.98 Å². The number of benzene rings is 1. The van der Waals surface area contributed by atoms with E-state index in [0.717, 1.165) is 94.3 Å². The molecule has 5 heterocycles. The summed E-state index contributed by atoms with van der Waals surface area (Å²) < 4.78 is 0. The van der Waals surface area contributed by atoms with Crippen molar-refractivity contribution in [3.8, 4) is 22.6 Å². The fourth-order valence-electron chi connectivity index (χ4n) is 4.50. The van der Waals surface area contributed by atoms with Crippen molar-refractivity contribution in [2.45, 2.75) is 13.3 Å². The Kier molecular flexibility index (Phi) is 5.38. The van der Waals surface area contributed by atoms with Crippen LogP contribution in [-0.2, 0) is 0 Å². The van der Waals surface area contributed by atoms with Crippen molar-refractivity contribution < 1.29 is 0 Å². The summed E-state index contributed by atoms with van der Waals surface area (Å²) in [4.78, 5) is 19.6. The normalized spacial score (nSPS) is 14.0. The maximum atomic E-state index is 4.97. The van der Waals surface area contributed by atoms with Crippen molar-refractivity contribution in [2.24, 2.45) is 0 Å². The summed E-state index contributed by atoms with van der Waals surface area (Å²) in [5.41, 5.74) is 8.56. The highest BCUT2D eigenvalue weighted by molar-refractivity contribution is 5.97. The first-order valence-electron chi connectivity index (χ1n) is 11.9. The standard InChI is InChI=1S/C26H27N9/c1-3-16(2)30-19-10-18(12-28-13-19)17-4-5-21-20(11-17)24(34-33-21)26-31-22-14-29-15-23(25(22)32-26)35-8-6-27-7-9-35/h4-5,10-15,27,30H,2-3,6-9H2,1H3,(H,31,32)(H,33,34). The van der Waals surface area contributed by atoms with Crippen LogP contribution in [0, 0.1) is 0 Å². The minimum atomic E-state index is 0.723. The van der Waals surface area contributed by atoms with Crippen molar-refractivity contribution >= 4 is 33.3 Å². The van der Waals surface area contributed by atoms with Crippen molar-refractivity contribution in [2.75, 3.05) is 36.4 Å². The molecule has 0 bridgehead atoms. The number of nitrogens with one attached hydrogen (secondary N) is 4. The molecular weight excluding hydrogens is 438 g/mol. The maximum Gasteiger partial charge on any atom is 0.159 e. The van der Waals surface area contributed by atoms with Gasteiger partial charge in [-0.3, -0.25) is 15.1 Å². The molecule has 1 aliphatic rings. The quantitative estimate of drug-likeness (QED) is 0.296. The Labute approximate surface area is 202 Å². The van der Waals surface area contributed by atoms with Crippen LogP contribution < -0.4 is 15.5 Å². The van der Waals surface area contributed by atoms with Gasteiger partial charge >= 0.3 is 0 Å². The molecule has 5 aromatic rings. The molecule has 0 atom stereocenters. The van der Waals surface area contributed by atoms with Gasteiger partial charge in [0.2, 0.25) is 0 Å². The Morgan fingerprint density at radius 2 is 1.89 bits per heavy atom. The molecular formula is C26H27N9. The molecule has 1 aliphatic heterocycles. The van der Waals surface area contributed by atoms with E-state index < -0.39 is 0 Å². The number of imidazole rings is 1. The van der Waals surface area contributed by atoms with E-state index in [1.165, 1.54) is 0 Å². The van der Waals surface area contributed by atoms with Crippen molar-refractivity contribution in [3.63, 3.8) is 0 Å². The molecule has 0 aliphatic carbocycles. The van der Waals surface area contributed by atoms with Crippen molar-refractivity contribution in [1.82, 2.24) is 35.5 Å². The molecule has 0 radical (unpaired) electrons. The van der Waals surface area contributed by atoms with Gasteiger partial charge in [-0.1, -0.05) is 19.6 Å². The van der Waals surface area contributed by atoms with E-state index in [0.29, 0.717) is 0 Å². The van der Waals surface area contributed by atoms with Crippen LogP contribution in [0.5, 0.6) is 0 Å². The van der Waals surface area contributed by atoms with Crippen LogP contribution in [0.25, 0.3) is 44.6 Å². The van der Waals surface area contributed by atoms with Gasteiger partial charge in [0, 0.05) is 49.0 Å². The number of rotatable bonds is 6. The summed E-state index contributed by atoms with van der Waals surface area (Å²) in [7, 11) is 0. The molecule has 6 rings (SSSR count). The van der Waals surface area contributed by atoms with Crippen LogP contribution in [0.15, 0.2) is 61.3 Å². The number of hydrogen-bond donors (Lipinski definition) is 4. The lowest BCUT2D eigenvalue weighted by Gasteiger charge is -2.29. The first-order chi connectivity index (χ1) is 17.2. The molecule has 9 heteroatoms. The number of hydrogen-bond acceptors (Lipinski definition) is 7. The Balaban J connectivity index is 1.39. The third kappa shape index (κ3) is 4.00. The van der Waals surface area contributed by atoms with Crippen LogP contribution in [-0.4, -0.2) is 56.3 Å². The predicted octanol–water partition coefficient (Wildman–Crippen LogP) is 4.31. The van der Waals surface area contributed by atoms with Crippen molar-refractivity contribution in [3.05, 3.63) is 61.3 Å². The Bertz CT molecular complexity index is 1520. The van der Waals surface area contributed by atoms with E-state index in [1.807, 2.05) is 30.9 Å². The summed E-state index contributed by atoms with van der Waals surface area (Å²) in [5.74, 6) is 0.723. The SMILES string of the molecule is C=C(CC)Nc1cncc(-c2ccc3[nH]nc(-c4nc5c(N6CCNCC6)cncc5[nH]4)c3c2)c1. The highest BCUT2D eigenvalue weighted by Gasteiger charge is 2.19. The molecule has 0 spiro atoms. The number of piperazine rings is 1. The zero-order valence-electron chi connectivity index (χ0n) is 19.6. The summed E-state index contributed by atoms with van der Waals surface area (Å²) in [5, 5.41) is 15.5. The van der Waals surface area contributed by atoms with Crippen LogP contribution in [0.2, 0.25) is 0 Å². The zero-order valence-corrected chi connectivity index (χ0v) is 19.6. The van der Waals surface area contributed by atoms with E-state index in [1.54, 1.807) is 0 Å². The summed E-state index contributed by atoms with van der Waals surface area (Å²) in [6, 6.07) is 8.33. The minimum Gasteiger partial charge on any atom is -0.366 e. The molecule has 0 unspecified atom stereocenters. The van der Waals surface area contributed by atoms with Crippen molar-refractivity contribution in [1.29, 1.82) is 0 Å². The van der Waals surface area contributed by atoms with E-state index in [9.17, 15) is 0 Å². The second kappa shape index (κ2) is 8.84. The first-order valence-corrected chi connectivity index (χ1v) is 11.9. The number of aromatic nitrogens is 6. The van der Waals surface area contributed by atoms with Crippen LogP contribution in [0.3, 0.4) is 0 Å². The first kappa shape index (κ1) is 21.3. The lowest BCUT2D eigenvalue weighted by molar-refractivity contribution is 0.589. The molecule has 4 aromatic heterocycles. The Morgan fingerprint density at radius 1 is 1.03 bits per heavy atom. The predicted molar refractivity (Wildman–Crippen MR) is 140 cm³/mol. The highest BCUT2D eigenvalue weighted by Crippen LogP contribution is 2.32. The van der Waals surface area contributed by atoms with Gasteiger partial charge in [0.25, 0.3) is 0 Å². The van der Waals surface area contributed by atoms with Gasteiger partial charge in [0.05, 0.1) is 41.0 Å². The summed E-state index contributed by atoms with van der Waals surface area (Å²) in [6.45, 7) is 9.89. The lowest BCUT2D eigenvalue weighted by Crippen LogP contribution is -2.43. The number of H-pyrrole nitrogens is 2. The largest absolute Gasteiger partial charge is 0.366 e. The third-order valence-electron chi connectivity index (χ3n) is 6.44. The van der Waals surface area contributed by atoms with Gasteiger partial charge in [0.15, 0.2) is 5.82 Å². The topological polar surface area (TPSA) is 110 Å². The van der Waals surface area contributed by atoms with Gasteiger partial charge in [0.1, 0.15) is 11.2 Å². The number of nitrogens with zero attached hydrogens (tertiary/aromatic N) is 5. The van der Waals surface area contributed by atoms with Crippen LogP contribution in [0.4, 0.5) is 11.4 Å². The van der Waals surface area contributed by atoms with E-state index >= 15 is 0 Å². The number of fused-ring (bicyclic) bond motifs is 2. The minimum absolute atomic E-state index is 0.723. The maximum absolute atomic E-state index is 4.97. The van der Waals surface area contributed by atoms with E-state index in [2.05, 4.69) is 72.4 Å². The van der Waals surface area contributed by atoms with Crippen LogP contribution in [0.1, 0.15) is 13.3 Å². The zero-order chi connectivity index (χ0) is 23.8. The second-order valence-corrected chi connectivity index (χ2v) is 8.75. The molecule has 1 saturated heterocycles. The van der Waals surface area contributed by atoms with Crippen LogP contribution >= 0.6 is 0 Å². The number of allylic oxidation sites excluding steroid dienone is 1. The molecule has 35 heavy (non-hydrogen) atoms. The second-order valence-electron chi connectivity index (χ2n) is 8.75. The number of anilines is 2. The summed E-state index contributed by atoms with van der Waals surface area (Å²) >= 11 is 0. The van der Waals surface area contributed by atoms with Gasteiger partial charge in [-0.25, -0.2) is 4.98 Å². The molecule has 0 saturated carbocycles. The number of aromatic amines is 2. The average molecular weight is 466 g/mol. The van der Waals surface area contributed by atoms with Gasteiger partial charge in [-0.2, -0.15) is 5.10 Å². The molecule has 1 fully saturated rings. The highest BCUT2D eigenvalue weighted by atomic mass is 15.2. The molecule has 0 amide bonds. The van der Waals surface area contributed by atoms with Gasteiger partial charge < -0.3 is 20.5 Å². The smallest absolute Gasteiger partial charge is 0.159 e. The molecule has 9 nitrogen and oxygen atoms in total. The lowest BCUT2D eigenvalue weighted by atomic mass is 10.0. The molecule has 1 aromatic carbocycles. The summed E-state index contributed by atoms with van der Waals surface area (Å²) in [6.07, 6.45) is 8.27. The van der Waals surface area contributed by atoms with E-state index in [-0.39, 0.29) is 0 Å². The average Bonchev–Trinajstić information content (AvgIpc) is 3.53. The molecule has 176 valence electrons. The fraction of sp³-hybridized carbons (Fsp3) is 0.231. The third-order valence-corrected chi connectivity index (χ3v) is 6.44. The molecule has 4 N–H and O–H groups in total. The Hall–Kier alpha value is -4.24. The fourth-order valence-corrected chi connectivity index (χ4v) is 4.50. The number of pyridine rings is 2. The van der Waals surface area contributed by atoms with Gasteiger partial charge in [-0.05, 0) is 30.2 Å². The van der Waals surface area contributed by atoms with Gasteiger partial charge in [-0.15, -0.1) is 0 Å².